The molecule has 0 saturated carbocycles. The Bertz CT molecular complexity index is 1270. The number of anilines is 1. The molecule has 0 N–H and O–H groups in total. The van der Waals surface area contributed by atoms with Crippen LogP contribution in [-0.2, 0) is 4.79 Å². The van der Waals surface area contributed by atoms with E-state index in [0.717, 1.165) is 11.8 Å². The number of hydrogen-bond donors (Lipinski definition) is 0. The first-order chi connectivity index (χ1) is 16.0. The monoisotopic (exact) mass is 456 g/mol. The van der Waals surface area contributed by atoms with Crippen LogP contribution >= 0.6 is 11.8 Å². The molecule has 0 bridgehead atoms. The summed E-state index contributed by atoms with van der Waals surface area (Å²) in [6.07, 6.45) is 0. The molecule has 0 amide bonds. The largest absolute Gasteiger partial charge is 0.497 e. The number of thioether (sulfide) groups is 1. The minimum atomic E-state index is -0.423. The van der Waals surface area contributed by atoms with E-state index in [4.69, 9.17) is 4.74 Å². The number of nitrogens with zero attached hydrogens (tertiary/aromatic N) is 2. The predicted octanol–water partition coefficient (Wildman–Crippen LogP) is 5.13. The van der Waals surface area contributed by atoms with Crippen LogP contribution in [0.25, 0.3) is 0 Å². The molecular formula is C26H20N2O4S. The van der Waals surface area contributed by atoms with E-state index in [1.165, 1.54) is 11.9 Å². The molecule has 164 valence electrons. The lowest BCUT2D eigenvalue weighted by atomic mass is 10.0. The third kappa shape index (κ3) is 4.63. The van der Waals surface area contributed by atoms with Gasteiger partial charge in [0.15, 0.2) is 16.6 Å². The van der Waals surface area contributed by atoms with E-state index in [0.29, 0.717) is 27.6 Å². The average molecular weight is 457 g/mol. The van der Waals surface area contributed by atoms with Crippen molar-refractivity contribution in [2.45, 2.75) is 6.92 Å². The van der Waals surface area contributed by atoms with Crippen LogP contribution in [0, 0.1) is 0 Å². The average Bonchev–Trinajstić information content (AvgIpc) is 3.29. The maximum atomic E-state index is 13.3. The smallest absolute Gasteiger partial charge is 0.220 e. The number of carbonyl (C=O) groups is 3. The summed E-state index contributed by atoms with van der Waals surface area (Å²) in [5, 5.41) is 6.45. The van der Waals surface area contributed by atoms with Crippen molar-refractivity contribution in [3.63, 3.8) is 0 Å². The normalized spacial score (nSPS) is 14.5. The molecule has 0 unspecified atom stereocenters. The number of Topliss-reactive ketones (excluding diaryl/α,β-unsaturated/α-hetero) is 3. The molecule has 0 atom stereocenters. The van der Waals surface area contributed by atoms with Crippen LogP contribution in [0.2, 0.25) is 0 Å². The second-order valence-corrected chi connectivity index (χ2v) is 8.12. The van der Waals surface area contributed by atoms with Crippen LogP contribution in [0.4, 0.5) is 5.69 Å². The first-order valence-corrected chi connectivity index (χ1v) is 11.0. The number of ketones is 3. The highest BCUT2D eigenvalue weighted by molar-refractivity contribution is 8.19. The molecule has 0 saturated heterocycles. The number of hydrazone groups is 1. The lowest BCUT2D eigenvalue weighted by molar-refractivity contribution is -0.113. The summed E-state index contributed by atoms with van der Waals surface area (Å²) in [5.41, 5.74) is 1.42. The van der Waals surface area contributed by atoms with Gasteiger partial charge in [0.05, 0.1) is 18.4 Å². The van der Waals surface area contributed by atoms with E-state index in [1.807, 2.05) is 6.07 Å². The molecule has 4 rings (SSSR count). The maximum absolute atomic E-state index is 13.3. The van der Waals surface area contributed by atoms with Crippen LogP contribution < -0.4 is 9.75 Å². The summed E-state index contributed by atoms with van der Waals surface area (Å²) >= 11 is 1.02. The van der Waals surface area contributed by atoms with Crippen molar-refractivity contribution in [1.82, 2.24) is 0 Å². The molecule has 3 aromatic rings. The molecular weight excluding hydrogens is 436 g/mol. The minimum absolute atomic E-state index is 0.0263. The van der Waals surface area contributed by atoms with Crippen molar-refractivity contribution in [2.75, 3.05) is 12.1 Å². The number of carbonyl (C=O) groups excluding carboxylic acids is 3. The molecule has 3 aromatic carbocycles. The molecule has 0 aromatic heterocycles. The van der Waals surface area contributed by atoms with E-state index in [9.17, 15) is 14.4 Å². The molecule has 0 radical (unpaired) electrons. The van der Waals surface area contributed by atoms with E-state index >= 15 is 0 Å². The van der Waals surface area contributed by atoms with Crippen molar-refractivity contribution >= 4 is 39.8 Å². The van der Waals surface area contributed by atoms with Crippen LogP contribution in [0.5, 0.6) is 5.75 Å². The molecule has 0 spiro atoms. The fraction of sp³-hybridized carbons (Fsp3) is 0.0769. The van der Waals surface area contributed by atoms with Crippen LogP contribution in [0.1, 0.15) is 27.6 Å². The molecule has 33 heavy (non-hydrogen) atoms. The van der Waals surface area contributed by atoms with Crippen molar-refractivity contribution in [3.8, 4) is 5.75 Å². The third-order valence-corrected chi connectivity index (χ3v) is 5.98. The van der Waals surface area contributed by atoms with Gasteiger partial charge in [0.1, 0.15) is 10.8 Å². The van der Waals surface area contributed by atoms with E-state index in [1.54, 1.807) is 86.0 Å². The van der Waals surface area contributed by atoms with Gasteiger partial charge in [-0.25, -0.2) is 5.01 Å². The molecule has 0 aliphatic carbocycles. The molecule has 1 heterocycles. The number of rotatable bonds is 7. The van der Waals surface area contributed by atoms with Gasteiger partial charge in [0, 0.05) is 11.1 Å². The van der Waals surface area contributed by atoms with Crippen LogP contribution in [-0.4, -0.2) is 29.5 Å². The maximum Gasteiger partial charge on any atom is 0.220 e. The van der Waals surface area contributed by atoms with Gasteiger partial charge in [-0.15, -0.1) is 0 Å². The van der Waals surface area contributed by atoms with Gasteiger partial charge in [-0.1, -0.05) is 60.7 Å². The molecule has 6 nitrogen and oxygen atoms in total. The number of ether oxygens (including phenoxy) is 1. The van der Waals surface area contributed by atoms with Gasteiger partial charge in [-0.3, -0.25) is 14.4 Å². The Hall–Kier alpha value is -3.97. The summed E-state index contributed by atoms with van der Waals surface area (Å²) in [6.45, 7) is 1.34. The zero-order chi connectivity index (χ0) is 23.4. The van der Waals surface area contributed by atoms with Gasteiger partial charge in [-0.2, -0.15) is 5.10 Å². The highest BCUT2D eigenvalue weighted by atomic mass is 32.2. The Labute approximate surface area is 195 Å². The first kappa shape index (κ1) is 22.2. The number of allylic oxidation sites excluding steroid dienone is 1. The van der Waals surface area contributed by atoms with Crippen LogP contribution in [0.3, 0.4) is 0 Å². The number of methoxy groups -OCH3 is 1. The standard InChI is InChI=1S/C26H20N2O4S/c1-17(29)22(23(30)18-9-5-3-6-10-18)26-28(20-13-15-21(32-2)16-14-20)27-25(33-26)24(31)19-11-7-4-8-12-19/h3-16H,1-2H3/b26-22+. The van der Waals surface area contributed by atoms with Gasteiger partial charge in [-0.05, 0) is 43.0 Å². The minimum Gasteiger partial charge on any atom is -0.497 e. The lowest BCUT2D eigenvalue weighted by Crippen LogP contribution is -2.19. The highest BCUT2D eigenvalue weighted by Crippen LogP contribution is 2.39. The molecule has 7 heteroatoms. The second-order valence-electron chi connectivity index (χ2n) is 7.14. The topological polar surface area (TPSA) is 76.0 Å². The Morgan fingerprint density at radius 2 is 1.39 bits per heavy atom. The Balaban J connectivity index is 1.84. The van der Waals surface area contributed by atoms with Gasteiger partial charge >= 0.3 is 0 Å². The summed E-state index contributed by atoms with van der Waals surface area (Å²) in [5.74, 6) is -0.474. The second kappa shape index (κ2) is 9.67. The summed E-state index contributed by atoms with van der Waals surface area (Å²) < 4.78 is 5.22. The Morgan fingerprint density at radius 3 is 1.94 bits per heavy atom. The Kier molecular flexibility index (Phi) is 6.51. The fourth-order valence-corrected chi connectivity index (χ4v) is 4.38. The summed E-state index contributed by atoms with van der Waals surface area (Å²) in [6, 6.07) is 24.3. The SMILES string of the molecule is COc1ccc(N2N=C(C(=O)c3ccccc3)S/C2=C(\C(C)=O)C(=O)c2ccccc2)cc1. The highest BCUT2D eigenvalue weighted by Gasteiger charge is 2.34. The van der Waals surface area contributed by atoms with E-state index in [-0.39, 0.29) is 16.4 Å². The van der Waals surface area contributed by atoms with Crippen molar-refractivity contribution in [2.24, 2.45) is 5.10 Å². The zero-order valence-corrected chi connectivity index (χ0v) is 18.8. The molecule has 1 aliphatic rings. The third-order valence-electron chi connectivity index (χ3n) is 4.95. The van der Waals surface area contributed by atoms with Crippen molar-refractivity contribution in [1.29, 1.82) is 0 Å². The molecule has 0 fully saturated rings. The predicted molar refractivity (Wildman–Crippen MR) is 130 cm³/mol. The van der Waals surface area contributed by atoms with Crippen molar-refractivity contribution in [3.05, 3.63) is 107 Å². The first-order valence-electron chi connectivity index (χ1n) is 10.1. The van der Waals surface area contributed by atoms with Gasteiger partial charge in [0.2, 0.25) is 5.78 Å². The summed E-state index contributed by atoms with van der Waals surface area (Å²) in [4.78, 5) is 39.1. The zero-order valence-electron chi connectivity index (χ0n) is 18.0. The van der Waals surface area contributed by atoms with Gasteiger partial charge < -0.3 is 4.74 Å². The number of benzene rings is 3. The quantitative estimate of drug-likeness (QED) is 0.212. The van der Waals surface area contributed by atoms with Gasteiger partial charge in [0.25, 0.3) is 0 Å². The van der Waals surface area contributed by atoms with E-state index in [2.05, 4.69) is 5.10 Å². The fourth-order valence-electron chi connectivity index (χ4n) is 3.29. The lowest BCUT2D eigenvalue weighted by Gasteiger charge is -2.18. The van der Waals surface area contributed by atoms with Crippen molar-refractivity contribution < 1.29 is 19.1 Å². The number of hydrogen-bond acceptors (Lipinski definition) is 7. The Morgan fingerprint density at radius 1 is 0.818 bits per heavy atom. The summed E-state index contributed by atoms with van der Waals surface area (Å²) in [7, 11) is 1.56. The van der Waals surface area contributed by atoms with Crippen LogP contribution in [0.15, 0.2) is 101 Å². The molecule has 1 aliphatic heterocycles. The van der Waals surface area contributed by atoms with E-state index < -0.39 is 11.6 Å².